The Morgan fingerprint density at radius 1 is 1.10 bits per heavy atom. The van der Waals surface area contributed by atoms with Crippen LogP contribution in [-0.2, 0) is 11.2 Å². The van der Waals surface area contributed by atoms with Crippen molar-refractivity contribution >= 4 is 28.7 Å². The number of rotatable bonds is 10. The van der Waals surface area contributed by atoms with Crippen LogP contribution in [0.1, 0.15) is 71.6 Å². The molecule has 39 heavy (non-hydrogen) atoms. The molecular formula is C31H33N3O5. The zero-order chi connectivity index (χ0) is 27.2. The van der Waals surface area contributed by atoms with Gasteiger partial charge in [-0.25, -0.2) is 9.59 Å². The third-order valence-electron chi connectivity index (χ3n) is 7.42. The Morgan fingerprint density at radius 2 is 1.95 bits per heavy atom. The van der Waals surface area contributed by atoms with Crippen LogP contribution < -0.4 is 10.1 Å². The molecule has 8 nitrogen and oxygen atoms in total. The summed E-state index contributed by atoms with van der Waals surface area (Å²) < 4.78 is 11.3. The van der Waals surface area contributed by atoms with Gasteiger partial charge in [-0.1, -0.05) is 12.1 Å². The van der Waals surface area contributed by atoms with Crippen LogP contribution in [0, 0.1) is 0 Å². The molecule has 0 spiro atoms. The largest absolute Gasteiger partial charge is 0.496 e. The first-order chi connectivity index (χ1) is 19.0. The number of aromatic amines is 1. The molecule has 1 aliphatic carbocycles. The second-order valence-electron chi connectivity index (χ2n) is 9.97. The zero-order valence-corrected chi connectivity index (χ0v) is 22.0. The number of H-pyrrole nitrogens is 1. The number of amides is 1. The summed E-state index contributed by atoms with van der Waals surface area (Å²) in [4.78, 5) is 31.9. The number of aryl methyl sites for hydroxylation is 1. The molecule has 8 heteroatoms. The van der Waals surface area contributed by atoms with Gasteiger partial charge in [-0.15, -0.1) is 0 Å². The zero-order valence-electron chi connectivity index (χ0n) is 22.0. The Balaban J connectivity index is 1.46. The van der Waals surface area contributed by atoms with Gasteiger partial charge in [0.1, 0.15) is 11.9 Å². The minimum Gasteiger partial charge on any atom is -0.496 e. The number of aromatic carboxylic acids is 1. The molecule has 4 aromatic rings. The number of aromatic nitrogens is 2. The van der Waals surface area contributed by atoms with Gasteiger partial charge in [0.15, 0.2) is 0 Å². The third kappa shape index (κ3) is 6.22. The van der Waals surface area contributed by atoms with Crippen molar-refractivity contribution in [3.63, 3.8) is 0 Å². The second kappa shape index (κ2) is 12.0. The number of methoxy groups -OCH3 is 1. The molecule has 1 amide bonds. The van der Waals surface area contributed by atoms with E-state index in [0.717, 1.165) is 72.7 Å². The highest BCUT2D eigenvalue weighted by Crippen LogP contribution is 2.40. The van der Waals surface area contributed by atoms with E-state index in [4.69, 9.17) is 9.47 Å². The number of hydrogen-bond donors (Lipinski definition) is 3. The van der Waals surface area contributed by atoms with Crippen LogP contribution in [0.5, 0.6) is 5.75 Å². The van der Waals surface area contributed by atoms with E-state index in [-0.39, 0.29) is 17.6 Å². The van der Waals surface area contributed by atoms with Crippen molar-refractivity contribution in [2.75, 3.05) is 12.4 Å². The maximum atomic E-state index is 12.5. The summed E-state index contributed by atoms with van der Waals surface area (Å²) in [6, 6.07) is 16.7. The van der Waals surface area contributed by atoms with E-state index in [1.807, 2.05) is 48.7 Å². The van der Waals surface area contributed by atoms with Crippen LogP contribution in [0.2, 0.25) is 0 Å². The summed E-state index contributed by atoms with van der Waals surface area (Å²) >= 11 is 0. The summed E-state index contributed by atoms with van der Waals surface area (Å²) in [5.41, 5.74) is 4.75. The number of anilines is 1. The fourth-order valence-corrected chi connectivity index (χ4v) is 5.46. The summed E-state index contributed by atoms with van der Waals surface area (Å²) in [6.45, 7) is 0. The number of fused-ring (bicyclic) bond motifs is 1. The lowest BCUT2D eigenvalue weighted by Gasteiger charge is -2.21. The maximum absolute atomic E-state index is 12.5. The van der Waals surface area contributed by atoms with Gasteiger partial charge < -0.3 is 19.6 Å². The molecule has 1 aliphatic rings. The van der Waals surface area contributed by atoms with Crippen molar-refractivity contribution in [2.45, 2.75) is 57.0 Å². The van der Waals surface area contributed by atoms with Crippen molar-refractivity contribution < 1.29 is 24.2 Å². The average molecular weight is 528 g/mol. The number of carboxylic acids is 1. The highest BCUT2D eigenvalue weighted by Gasteiger charge is 2.24. The lowest BCUT2D eigenvalue weighted by molar-refractivity contribution is 0.0696. The fraction of sp³-hybridized carbons (Fsp3) is 0.323. The average Bonchev–Trinajstić information content (AvgIpc) is 3.61. The topological polar surface area (TPSA) is 114 Å². The van der Waals surface area contributed by atoms with E-state index >= 15 is 0 Å². The van der Waals surface area contributed by atoms with Crippen molar-refractivity contribution in [3.05, 3.63) is 89.4 Å². The number of carboxylic acid groups (broad SMARTS) is 1. The van der Waals surface area contributed by atoms with Crippen LogP contribution in [0.25, 0.3) is 10.9 Å². The summed E-state index contributed by atoms with van der Waals surface area (Å²) in [7, 11) is 1.56. The van der Waals surface area contributed by atoms with Crippen LogP contribution >= 0.6 is 0 Å². The van der Waals surface area contributed by atoms with Crippen LogP contribution in [0.15, 0.2) is 67.0 Å². The van der Waals surface area contributed by atoms with Crippen molar-refractivity contribution in [1.82, 2.24) is 9.97 Å². The lowest BCUT2D eigenvalue weighted by atomic mass is 9.85. The fourth-order valence-electron chi connectivity index (χ4n) is 5.46. The summed E-state index contributed by atoms with van der Waals surface area (Å²) in [5, 5.41) is 13.4. The molecule has 5 rings (SSSR count). The van der Waals surface area contributed by atoms with Crippen LogP contribution in [0.3, 0.4) is 0 Å². The Morgan fingerprint density at radius 3 is 2.69 bits per heavy atom. The first-order valence-electron chi connectivity index (χ1n) is 13.4. The molecule has 2 aromatic carbocycles. The minimum atomic E-state index is -1.00. The predicted octanol–water partition coefficient (Wildman–Crippen LogP) is 6.92. The molecule has 202 valence electrons. The quantitative estimate of drug-likeness (QED) is 0.206. The van der Waals surface area contributed by atoms with Crippen molar-refractivity contribution in [2.24, 2.45) is 0 Å². The number of benzene rings is 2. The second-order valence-corrected chi connectivity index (χ2v) is 9.97. The van der Waals surface area contributed by atoms with Gasteiger partial charge in [0.2, 0.25) is 0 Å². The van der Waals surface area contributed by atoms with Gasteiger partial charge in [-0.05, 0) is 93.0 Å². The number of ether oxygens (including phenoxy) is 2. The Hall–Kier alpha value is -4.33. The molecule has 3 N–H and O–H groups in total. The van der Waals surface area contributed by atoms with Gasteiger partial charge in [-0.2, -0.15) is 0 Å². The van der Waals surface area contributed by atoms with Crippen molar-refractivity contribution in [1.29, 1.82) is 0 Å². The molecule has 2 aromatic heterocycles. The lowest BCUT2D eigenvalue weighted by Crippen LogP contribution is -2.20. The van der Waals surface area contributed by atoms with E-state index in [2.05, 4.69) is 15.3 Å². The predicted molar refractivity (Wildman–Crippen MR) is 150 cm³/mol. The maximum Gasteiger partial charge on any atom is 0.411 e. The number of carbonyl (C=O) groups is 2. The summed E-state index contributed by atoms with van der Waals surface area (Å²) in [6.07, 6.45) is 9.82. The third-order valence-corrected chi connectivity index (χ3v) is 7.42. The van der Waals surface area contributed by atoms with Gasteiger partial charge in [-0.3, -0.25) is 10.3 Å². The molecule has 0 bridgehead atoms. The molecule has 0 radical (unpaired) electrons. The standard InChI is InChI=1S/C31H33N3O5/c1-38-29-17-20(30(35)36)12-14-25(29)24(11-6-8-21-7-4-5-16-32-21)27-19-33-28-15-13-22(18-26(27)28)34-31(37)39-23-9-2-3-10-23/h4-5,7,12-19,23-24,33H,2-3,6,8-11H2,1H3,(H,34,37)(H,35,36). The Kier molecular flexibility index (Phi) is 8.10. The normalized spacial score (nSPS) is 14.3. The number of carbonyl (C=O) groups excluding carboxylic acids is 1. The molecule has 1 atom stereocenters. The Labute approximate surface area is 227 Å². The number of nitrogens with one attached hydrogen (secondary N) is 2. The van der Waals surface area contributed by atoms with Gasteiger partial charge >= 0.3 is 12.1 Å². The van der Waals surface area contributed by atoms with E-state index in [0.29, 0.717) is 11.4 Å². The van der Waals surface area contributed by atoms with E-state index in [1.165, 1.54) is 0 Å². The number of hydrogen-bond acceptors (Lipinski definition) is 5. The van der Waals surface area contributed by atoms with E-state index < -0.39 is 12.1 Å². The SMILES string of the molecule is COc1cc(C(=O)O)ccc1C(CCCc1ccccn1)c1c[nH]c2ccc(NC(=O)OC3CCCC3)cc12. The summed E-state index contributed by atoms with van der Waals surface area (Å²) in [5.74, 6) is -0.554. The first-order valence-corrected chi connectivity index (χ1v) is 13.4. The smallest absolute Gasteiger partial charge is 0.411 e. The molecular weight excluding hydrogens is 494 g/mol. The van der Waals surface area contributed by atoms with Gasteiger partial charge in [0, 0.05) is 46.2 Å². The van der Waals surface area contributed by atoms with E-state index in [9.17, 15) is 14.7 Å². The minimum absolute atomic E-state index is 0.0127. The van der Waals surface area contributed by atoms with Gasteiger partial charge in [0.05, 0.1) is 12.7 Å². The molecule has 0 aliphatic heterocycles. The first kappa shape index (κ1) is 26.3. The van der Waals surface area contributed by atoms with Crippen molar-refractivity contribution in [3.8, 4) is 5.75 Å². The molecule has 0 saturated heterocycles. The van der Waals surface area contributed by atoms with Crippen LogP contribution in [-0.4, -0.2) is 40.4 Å². The van der Waals surface area contributed by atoms with E-state index in [1.54, 1.807) is 25.4 Å². The molecule has 2 heterocycles. The monoisotopic (exact) mass is 527 g/mol. The Bertz CT molecular complexity index is 1440. The number of nitrogens with zero attached hydrogens (tertiary/aromatic N) is 1. The highest BCUT2D eigenvalue weighted by atomic mass is 16.6. The molecule has 1 saturated carbocycles. The molecule has 1 fully saturated rings. The van der Waals surface area contributed by atoms with Gasteiger partial charge in [0.25, 0.3) is 0 Å². The number of pyridine rings is 1. The van der Waals surface area contributed by atoms with Crippen LogP contribution in [0.4, 0.5) is 10.5 Å². The molecule has 1 unspecified atom stereocenters. The highest BCUT2D eigenvalue weighted by molar-refractivity contribution is 5.92.